The third-order valence-electron chi connectivity index (χ3n) is 3.74. The average molecular weight is 285 g/mol. The molecule has 2 nitrogen and oxygen atoms in total. The van der Waals surface area contributed by atoms with E-state index in [1.165, 1.54) is 0 Å². The van der Waals surface area contributed by atoms with E-state index in [0.717, 1.165) is 33.1 Å². The van der Waals surface area contributed by atoms with Gasteiger partial charge in [-0.1, -0.05) is 48.5 Å². The molecular formula is C20H15NO. The molecule has 0 radical (unpaired) electrons. The fourth-order valence-corrected chi connectivity index (χ4v) is 2.58. The van der Waals surface area contributed by atoms with Crippen molar-refractivity contribution in [2.24, 2.45) is 0 Å². The number of rotatable bonds is 3. The van der Waals surface area contributed by atoms with Crippen molar-refractivity contribution in [1.29, 1.82) is 0 Å². The maximum Gasteiger partial charge on any atom is 0.122 e. The van der Waals surface area contributed by atoms with E-state index < -0.39 is 0 Å². The highest BCUT2D eigenvalue weighted by atomic mass is 16.5. The van der Waals surface area contributed by atoms with E-state index in [4.69, 9.17) is 9.72 Å². The van der Waals surface area contributed by atoms with Crippen LogP contribution >= 0.6 is 0 Å². The summed E-state index contributed by atoms with van der Waals surface area (Å²) in [6.45, 7) is 0.569. The Kier molecular flexibility index (Phi) is 3.20. The molecule has 0 fully saturated rings. The number of ether oxygens (including phenoxy) is 1. The first-order valence-electron chi connectivity index (χ1n) is 7.35. The molecule has 0 amide bonds. The summed E-state index contributed by atoms with van der Waals surface area (Å²) in [5, 5.41) is 2.29. The van der Waals surface area contributed by atoms with Crippen molar-refractivity contribution in [3.63, 3.8) is 0 Å². The van der Waals surface area contributed by atoms with E-state index in [0.29, 0.717) is 6.61 Å². The van der Waals surface area contributed by atoms with Crippen molar-refractivity contribution in [2.75, 3.05) is 0 Å². The molecule has 2 heteroatoms. The summed E-state index contributed by atoms with van der Waals surface area (Å²) in [4.78, 5) is 4.71. The van der Waals surface area contributed by atoms with Crippen molar-refractivity contribution in [3.05, 3.63) is 84.4 Å². The molecule has 0 N–H and O–H groups in total. The van der Waals surface area contributed by atoms with Crippen molar-refractivity contribution in [3.8, 4) is 5.75 Å². The summed E-state index contributed by atoms with van der Waals surface area (Å²) >= 11 is 0. The van der Waals surface area contributed by atoms with Gasteiger partial charge in [-0.15, -0.1) is 0 Å². The molecule has 0 bridgehead atoms. The van der Waals surface area contributed by atoms with Crippen molar-refractivity contribution >= 4 is 21.8 Å². The van der Waals surface area contributed by atoms with E-state index >= 15 is 0 Å². The highest BCUT2D eigenvalue weighted by molar-refractivity contribution is 5.93. The summed E-state index contributed by atoms with van der Waals surface area (Å²) < 4.78 is 5.87. The minimum absolute atomic E-state index is 0.569. The van der Waals surface area contributed by atoms with E-state index in [9.17, 15) is 0 Å². The number of hydrogen-bond donors (Lipinski definition) is 0. The monoisotopic (exact) mass is 285 g/mol. The summed E-state index contributed by atoms with van der Waals surface area (Å²) in [6, 6.07) is 26.6. The topological polar surface area (TPSA) is 22.1 Å². The van der Waals surface area contributed by atoms with Crippen molar-refractivity contribution in [1.82, 2.24) is 4.98 Å². The maximum absolute atomic E-state index is 5.87. The van der Waals surface area contributed by atoms with Crippen molar-refractivity contribution in [2.45, 2.75) is 6.61 Å². The quantitative estimate of drug-likeness (QED) is 0.496. The van der Waals surface area contributed by atoms with E-state index in [1.54, 1.807) is 0 Å². The van der Waals surface area contributed by atoms with Gasteiger partial charge in [0.25, 0.3) is 0 Å². The van der Waals surface area contributed by atoms with Gasteiger partial charge in [-0.2, -0.15) is 0 Å². The second kappa shape index (κ2) is 5.49. The third-order valence-corrected chi connectivity index (χ3v) is 3.74. The SMILES string of the molecule is c1ccc(COc2ccc3cc4ccccc4nc3c2)cc1. The predicted octanol–water partition coefficient (Wildman–Crippen LogP) is 4.97. The van der Waals surface area contributed by atoms with E-state index in [-0.39, 0.29) is 0 Å². The van der Waals surface area contributed by atoms with E-state index in [1.807, 2.05) is 48.5 Å². The van der Waals surface area contributed by atoms with Crippen LogP contribution in [0.2, 0.25) is 0 Å². The van der Waals surface area contributed by atoms with Crippen LogP contribution in [0.1, 0.15) is 5.56 Å². The minimum Gasteiger partial charge on any atom is -0.489 e. The van der Waals surface area contributed by atoms with Crippen molar-refractivity contribution < 1.29 is 4.74 Å². The first kappa shape index (κ1) is 12.8. The molecule has 4 rings (SSSR count). The molecule has 3 aromatic carbocycles. The number of nitrogens with zero attached hydrogens (tertiary/aromatic N) is 1. The van der Waals surface area contributed by atoms with Gasteiger partial charge >= 0.3 is 0 Å². The van der Waals surface area contributed by atoms with Crippen LogP contribution in [0.3, 0.4) is 0 Å². The van der Waals surface area contributed by atoms with Crippen LogP contribution in [0.25, 0.3) is 21.8 Å². The number of fused-ring (bicyclic) bond motifs is 2. The van der Waals surface area contributed by atoms with Crippen LogP contribution in [0.5, 0.6) is 5.75 Å². The fourth-order valence-electron chi connectivity index (χ4n) is 2.58. The summed E-state index contributed by atoms with van der Waals surface area (Å²) in [6.07, 6.45) is 0. The molecule has 0 saturated carbocycles. The third kappa shape index (κ3) is 2.51. The van der Waals surface area contributed by atoms with Crippen LogP contribution in [0, 0.1) is 0 Å². The van der Waals surface area contributed by atoms with Gasteiger partial charge in [0, 0.05) is 16.8 Å². The molecule has 1 aromatic heterocycles. The van der Waals surface area contributed by atoms with Gasteiger partial charge in [0.05, 0.1) is 11.0 Å². The molecule has 22 heavy (non-hydrogen) atoms. The Morgan fingerprint density at radius 1 is 0.682 bits per heavy atom. The molecule has 0 aliphatic carbocycles. The lowest BCUT2D eigenvalue weighted by atomic mass is 10.1. The molecule has 106 valence electrons. The molecule has 0 aliphatic rings. The fraction of sp³-hybridized carbons (Fsp3) is 0.0500. The maximum atomic E-state index is 5.87. The number of pyridine rings is 1. The van der Waals surface area contributed by atoms with Crippen LogP contribution < -0.4 is 4.74 Å². The first-order valence-corrected chi connectivity index (χ1v) is 7.35. The molecule has 4 aromatic rings. The summed E-state index contributed by atoms with van der Waals surface area (Å²) in [7, 11) is 0. The van der Waals surface area contributed by atoms with Gasteiger partial charge in [-0.3, -0.25) is 0 Å². The smallest absolute Gasteiger partial charge is 0.122 e. The average Bonchev–Trinajstić information content (AvgIpc) is 2.59. The minimum atomic E-state index is 0.569. The molecule has 1 heterocycles. The normalized spacial score (nSPS) is 10.9. The zero-order valence-electron chi connectivity index (χ0n) is 12.1. The number of benzene rings is 3. The molecule has 0 unspecified atom stereocenters. The van der Waals surface area contributed by atoms with Gasteiger partial charge in [0.1, 0.15) is 12.4 Å². The second-order valence-electron chi connectivity index (χ2n) is 5.31. The lowest BCUT2D eigenvalue weighted by molar-refractivity contribution is 0.306. The molecule has 0 saturated heterocycles. The number of para-hydroxylation sites is 1. The van der Waals surface area contributed by atoms with Gasteiger partial charge in [-0.25, -0.2) is 4.98 Å². The van der Waals surface area contributed by atoms with Gasteiger partial charge < -0.3 is 4.74 Å². The first-order chi connectivity index (χ1) is 10.9. The lowest BCUT2D eigenvalue weighted by Gasteiger charge is -2.08. The predicted molar refractivity (Wildman–Crippen MR) is 90.0 cm³/mol. The van der Waals surface area contributed by atoms with Gasteiger partial charge in [-0.05, 0) is 29.8 Å². The summed E-state index contributed by atoms with van der Waals surface area (Å²) in [5.41, 5.74) is 3.13. The zero-order valence-corrected chi connectivity index (χ0v) is 12.1. The van der Waals surface area contributed by atoms with Gasteiger partial charge in [0.15, 0.2) is 0 Å². The molecule has 0 spiro atoms. The Labute approximate surface area is 129 Å². The Morgan fingerprint density at radius 2 is 1.45 bits per heavy atom. The lowest BCUT2D eigenvalue weighted by Crippen LogP contribution is -1.95. The Bertz CT molecular complexity index is 932. The Morgan fingerprint density at radius 3 is 2.36 bits per heavy atom. The number of aromatic nitrogens is 1. The zero-order chi connectivity index (χ0) is 14.8. The highest BCUT2D eigenvalue weighted by Crippen LogP contribution is 2.24. The second-order valence-corrected chi connectivity index (χ2v) is 5.31. The molecular weight excluding hydrogens is 270 g/mol. The van der Waals surface area contributed by atoms with E-state index in [2.05, 4.69) is 30.3 Å². The Hall–Kier alpha value is -2.87. The Balaban J connectivity index is 1.66. The van der Waals surface area contributed by atoms with Crippen LogP contribution in [0.4, 0.5) is 0 Å². The van der Waals surface area contributed by atoms with Crippen LogP contribution in [-0.4, -0.2) is 4.98 Å². The largest absolute Gasteiger partial charge is 0.489 e. The molecule has 0 aliphatic heterocycles. The highest BCUT2D eigenvalue weighted by Gasteiger charge is 2.02. The van der Waals surface area contributed by atoms with Crippen LogP contribution in [0.15, 0.2) is 78.9 Å². The van der Waals surface area contributed by atoms with Crippen LogP contribution in [-0.2, 0) is 6.61 Å². The summed E-state index contributed by atoms with van der Waals surface area (Å²) in [5.74, 6) is 0.846. The number of hydrogen-bond acceptors (Lipinski definition) is 2. The van der Waals surface area contributed by atoms with Gasteiger partial charge in [0.2, 0.25) is 0 Å². The standard InChI is InChI=1S/C20H15NO/c1-2-6-15(7-3-1)14-22-18-11-10-17-12-16-8-4-5-9-19(16)21-20(17)13-18/h1-13H,14H2. The molecule has 0 atom stereocenters.